The van der Waals surface area contributed by atoms with Crippen molar-refractivity contribution < 1.29 is 12.8 Å². The summed E-state index contributed by atoms with van der Waals surface area (Å²) in [5.41, 5.74) is 5.55. The Bertz CT molecular complexity index is 696. The highest BCUT2D eigenvalue weighted by atomic mass is 32.2. The number of nitrogens with zero attached hydrogens (tertiary/aromatic N) is 2. The van der Waals surface area contributed by atoms with Gasteiger partial charge in [0.25, 0.3) is 10.0 Å². The highest BCUT2D eigenvalue weighted by Gasteiger charge is 2.19. The SMILES string of the molecule is CCn1cnc(S(=O)(=O)Nc2cc(N)ccc2F)c1. The molecule has 0 radical (unpaired) electrons. The molecule has 2 aromatic rings. The van der Waals surface area contributed by atoms with Crippen LogP contribution in [0.3, 0.4) is 0 Å². The first kappa shape index (κ1) is 13.3. The number of nitrogens with two attached hydrogens (primary N) is 1. The minimum Gasteiger partial charge on any atom is -0.399 e. The van der Waals surface area contributed by atoms with E-state index >= 15 is 0 Å². The molecular weight excluding hydrogens is 271 g/mol. The number of hydrogen-bond donors (Lipinski definition) is 2. The van der Waals surface area contributed by atoms with Gasteiger partial charge < -0.3 is 10.3 Å². The third kappa shape index (κ3) is 2.84. The van der Waals surface area contributed by atoms with Crippen molar-refractivity contribution in [3.8, 4) is 0 Å². The summed E-state index contributed by atoms with van der Waals surface area (Å²) < 4.78 is 41.2. The molecule has 0 aliphatic carbocycles. The largest absolute Gasteiger partial charge is 0.399 e. The minimum atomic E-state index is -3.92. The lowest BCUT2D eigenvalue weighted by Gasteiger charge is -2.07. The average molecular weight is 284 g/mol. The fourth-order valence-electron chi connectivity index (χ4n) is 1.47. The normalized spacial score (nSPS) is 11.5. The molecule has 8 heteroatoms. The summed E-state index contributed by atoms with van der Waals surface area (Å²) in [6.45, 7) is 2.44. The first-order valence-electron chi connectivity index (χ1n) is 5.52. The molecule has 102 valence electrons. The Balaban J connectivity index is 2.33. The van der Waals surface area contributed by atoms with E-state index in [1.54, 1.807) is 4.57 Å². The molecule has 0 fully saturated rings. The van der Waals surface area contributed by atoms with E-state index in [1.165, 1.54) is 24.7 Å². The van der Waals surface area contributed by atoms with Gasteiger partial charge in [0.1, 0.15) is 5.82 Å². The van der Waals surface area contributed by atoms with Gasteiger partial charge in [0.2, 0.25) is 0 Å². The number of benzene rings is 1. The molecular formula is C11H13FN4O2S. The molecule has 1 aromatic heterocycles. The number of rotatable bonds is 4. The second kappa shape index (κ2) is 4.88. The summed E-state index contributed by atoms with van der Waals surface area (Å²) in [5, 5.41) is -0.170. The second-order valence-electron chi connectivity index (χ2n) is 3.89. The summed E-state index contributed by atoms with van der Waals surface area (Å²) >= 11 is 0. The first-order chi connectivity index (χ1) is 8.92. The summed E-state index contributed by atoms with van der Waals surface area (Å²) in [6, 6.07) is 3.65. The van der Waals surface area contributed by atoms with Gasteiger partial charge in [-0.05, 0) is 25.1 Å². The quantitative estimate of drug-likeness (QED) is 0.831. The standard InChI is InChI=1S/C11H13FN4O2S/c1-2-16-6-11(14-7-16)19(17,18)15-10-5-8(13)3-4-9(10)12/h3-7,15H,2,13H2,1H3. The summed E-state index contributed by atoms with van der Waals surface area (Å²) in [7, 11) is -3.92. The number of nitrogen functional groups attached to an aromatic ring is 1. The van der Waals surface area contributed by atoms with Gasteiger partial charge in [-0.1, -0.05) is 0 Å². The lowest BCUT2D eigenvalue weighted by atomic mass is 10.3. The molecule has 1 aromatic carbocycles. The molecule has 0 saturated heterocycles. The number of hydrogen-bond acceptors (Lipinski definition) is 4. The molecule has 2 rings (SSSR count). The Morgan fingerprint density at radius 1 is 1.47 bits per heavy atom. The van der Waals surface area contributed by atoms with Crippen molar-refractivity contribution in [2.24, 2.45) is 0 Å². The van der Waals surface area contributed by atoms with E-state index in [0.29, 0.717) is 6.54 Å². The Morgan fingerprint density at radius 3 is 2.84 bits per heavy atom. The van der Waals surface area contributed by atoms with E-state index in [0.717, 1.165) is 6.07 Å². The molecule has 3 N–H and O–H groups in total. The monoisotopic (exact) mass is 284 g/mol. The van der Waals surface area contributed by atoms with Crippen LogP contribution in [0.15, 0.2) is 35.7 Å². The van der Waals surface area contributed by atoms with Crippen LogP contribution in [0.5, 0.6) is 0 Å². The van der Waals surface area contributed by atoms with Crippen LogP contribution in [0.25, 0.3) is 0 Å². The van der Waals surface area contributed by atoms with Crippen molar-refractivity contribution in [3.63, 3.8) is 0 Å². The molecule has 0 saturated carbocycles. The second-order valence-corrected chi connectivity index (χ2v) is 5.52. The number of halogens is 1. The van der Waals surface area contributed by atoms with E-state index < -0.39 is 15.8 Å². The lowest BCUT2D eigenvalue weighted by Crippen LogP contribution is -2.14. The first-order valence-corrected chi connectivity index (χ1v) is 7.00. The van der Waals surface area contributed by atoms with Crippen LogP contribution >= 0.6 is 0 Å². The van der Waals surface area contributed by atoms with Gasteiger partial charge in [-0.3, -0.25) is 4.72 Å². The van der Waals surface area contributed by atoms with Crippen molar-refractivity contribution in [2.75, 3.05) is 10.5 Å². The van der Waals surface area contributed by atoms with Crippen LogP contribution in [0, 0.1) is 5.82 Å². The zero-order chi connectivity index (χ0) is 14.0. The third-order valence-electron chi connectivity index (χ3n) is 2.48. The molecule has 0 amide bonds. The smallest absolute Gasteiger partial charge is 0.281 e. The molecule has 0 atom stereocenters. The van der Waals surface area contributed by atoms with Crippen molar-refractivity contribution in [1.29, 1.82) is 0 Å². The fraction of sp³-hybridized carbons (Fsp3) is 0.182. The number of sulfonamides is 1. The van der Waals surface area contributed by atoms with Gasteiger partial charge in [0.05, 0.1) is 12.0 Å². The van der Waals surface area contributed by atoms with Crippen LogP contribution in [0.2, 0.25) is 0 Å². The highest BCUT2D eigenvalue weighted by Crippen LogP contribution is 2.20. The highest BCUT2D eigenvalue weighted by molar-refractivity contribution is 7.92. The molecule has 0 spiro atoms. The Morgan fingerprint density at radius 2 is 2.21 bits per heavy atom. The van der Waals surface area contributed by atoms with E-state index in [9.17, 15) is 12.8 Å². The van der Waals surface area contributed by atoms with Gasteiger partial charge in [0, 0.05) is 18.4 Å². The van der Waals surface area contributed by atoms with Crippen molar-refractivity contribution in [3.05, 3.63) is 36.5 Å². The summed E-state index contributed by atoms with van der Waals surface area (Å²) in [6.07, 6.45) is 2.76. The van der Waals surface area contributed by atoms with Gasteiger partial charge in [-0.2, -0.15) is 8.42 Å². The fourth-order valence-corrected chi connectivity index (χ4v) is 2.48. The van der Waals surface area contributed by atoms with E-state index in [2.05, 4.69) is 9.71 Å². The molecule has 1 heterocycles. The molecule has 0 aliphatic rings. The van der Waals surface area contributed by atoms with E-state index in [1.807, 2.05) is 6.92 Å². The number of aryl methyl sites for hydroxylation is 1. The maximum atomic E-state index is 13.5. The summed E-state index contributed by atoms with van der Waals surface area (Å²) in [4.78, 5) is 3.77. The maximum absolute atomic E-state index is 13.5. The minimum absolute atomic E-state index is 0.170. The van der Waals surface area contributed by atoms with E-state index in [4.69, 9.17) is 5.73 Å². The number of nitrogens with one attached hydrogen (secondary N) is 1. The number of anilines is 2. The predicted octanol–water partition coefficient (Wildman–Crippen LogP) is 1.43. The van der Waals surface area contributed by atoms with Crippen molar-refractivity contribution >= 4 is 21.4 Å². The van der Waals surface area contributed by atoms with Gasteiger partial charge >= 0.3 is 0 Å². The Hall–Kier alpha value is -2.09. The van der Waals surface area contributed by atoms with E-state index in [-0.39, 0.29) is 16.4 Å². The van der Waals surface area contributed by atoms with Gasteiger partial charge in [-0.15, -0.1) is 0 Å². The van der Waals surface area contributed by atoms with Gasteiger partial charge in [0.15, 0.2) is 5.03 Å². The zero-order valence-corrected chi connectivity index (χ0v) is 11.0. The molecule has 0 aliphatic heterocycles. The average Bonchev–Trinajstić information content (AvgIpc) is 2.83. The Kier molecular flexibility index (Phi) is 3.43. The summed E-state index contributed by atoms with van der Waals surface area (Å²) in [5.74, 6) is -0.701. The van der Waals surface area contributed by atoms with Gasteiger partial charge in [-0.25, -0.2) is 9.37 Å². The van der Waals surface area contributed by atoms with Crippen molar-refractivity contribution in [2.45, 2.75) is 18.5 Å². The topological polar surface area (TPSA) is 90.0 Å². The lowest BCUT2D eigenvalue weighted by molar-refractivity contribution is 0.595. The predicted molar refractivity (Wildman–Crippen MR) is 69.5 cm³/mol. The van der Waals surface area contributed by atoms with Crippen LogP contribution in [-0.4, -0.2) is 18.0 Å². The molecule has 6 nitrogen and oxygen atoms in total. The number of aromatic nitrogens is 2. The third-order valence-corrected chi connectivity index (χ3v) is 3.73. The molecule has 0 bridgehead atoms. The van der Waals surface area contributed by atoms with Crippen molar-refractivity contribution in [1.82, 2.24) is 9.55 Å². The molecule has 19 heavy (non-hydrogen) atoms. The van der Waals surface area contributed by atoms with Crippen LogP contribution in [0.4, 0.5) is 15.8 Å². The van der Waals surface area contributed by atoms with Crippen LogP contribution in [0.1, 0.15) is 6.92 Å². The van der Waals surface area contributed by atoms with Crippen LogP contribution in [-0.2, 0) is 16.6 Å². The Labute approximate surface area is 110 Å². The maximum Gasteiger partial charge on any atom is 0.281 e. The molecule has 0 unspecified atom stereocenters. The number of imidazole rings is 1. The zero-order valence-electron chi connectivity index (χ0n) is 10.2. The van der Waals surface area contributed by atoms with Crippen LogP contribution < -0.4 is 10.5 Å².